The van der Waals surface area contributed by atoms with Gasteiger partial charge < -0.3 is 19.7 Å². The third-order valence-corrected chi connectivity index (χ3v) is 2.40. The van der Waals surface area contributed by atoms with Crippen LogP contribution in [0.25, 0.3) is 11.5 Å². The number of rotatable bonds is 7. The second kappa shape index (κ2) is 6.81. The number of methoxy groups -OCH3 is 1. The van der Waals surface area contributed by atoms with Crippen LogP contribution in [0.4, 0.5) is 5.82 Å². The summed E-state index contributed by atoms with van der Waals surface area (Å²) in [5, 5.41) is 3.88. The SMILES string of the molecule is COCCOCCc1noc(-c2ccnc(N)c2)n1. The van der Waals surface area contributed by atoms with Gasteiger partial charge in [-0.1, -0.05) is 5.16 Å². The molecule has 0 aliphatic heterocycles. The molecule has 0 aliphatic carbocycles. The Morgan fingerprint density at radius 1 is 1.32 bits per heavy atom. The van der Waals surface area contributed by atoms with Gasteiger partial charge in [0.25, 0.3) is 5.89 Å². The molecule has 7 heteroatoms. The Labute approximate surface area is 110 Å². The highest BCUT2D eigenvalue weighted by atomic mass is 16.5. The normalized spacial score (nSPS) is 10.8. The molecule has 2 aromatic rings. The Hall–Kier alpha value is -1.99. The van der Waals surface area contributed by atoms with Crippen molar-refractivity contribution in [2.75, 3.05) is 32.7 Å². The van der Waals surface area contributed by atoms with Gasteiger partial charge in [-0.25, -0.2) is 4.98 Å². The van der Waals surface area contributed by atoms with Crippen molar-refractivity contribution in [1.29, 1.82) is 0 Å². The number of nitrogens with zero attached hydrogens (tertiary/aromatic N) is 3. The molecule has 2 aromatic heterocycles. The molecule has 102 valence electrons. The Bertz CT molecular complexity index is 515. The van der Waals surface area contributed by atoms with Gasteiger partial charge in [-0.2, -0.15) is 4.98 Å². The highest BCUT2D eigenvalue weighted by Crippen LogP contribution is 2.17. The zero-order chi connectivity index (χ0) is 13.5. The molecule has 0 aliphatic rings. The minimum absolute atomic E-state index is 0.417. The minimum Gasteiger partial charge on any atom is -0.384 e. The van der Waals surface area contributed by atoms with Gasteiger partial charge in [-0.3, -0.25) is 0 Å². The maximum atomic E-state index is 5.60. The monoisotopic (exact) mass is 264 g/mol. The average Bonchev–Trinajstić information content (AvgIpc) is 2.87. The summed E-state index contributed by atoms with van der Waals surface area (Å²) in [4.78, 5) is 8.17. The van der Waals surface area contributed by atoms with E-state index in [0.29, 0.717) is 43.8 Å². The Kier molecular flexibility index (Phi) is 4.82. The summed E-state index contributed by atoms with van der Waals surface area (Å²) >= 11 is 0. The first kappa shape index (κ1) is 13.4. The van der Waals surface area contributed by atoms with Gasteiger partial charge in [0.2, 0.25) is 0 Å². The van der Waals surface area contributed by atoms with Gasteiger partial charge in [0.05, 0.1) is 19.8 Å². The molecule has 0 saturated carbocycles. The zero-order valence-electron chi connectivity index (χ0n) is 10.7. The van der Waals surface area contributed by atoms with Crippen molar-refractivity contribution in [2.24, 2.45) is 0 Å². The number of aromatic nitrogens is 3. The molecule has 2 N–H and O–H groups in total. The number of nitrogen functional groups attached to an aromatic ring is 1. The molecule has 0 fully saturated rings. The molecule has 0 aromatic carbocycles. The molecule has 0 amide bonds. The molecule has 0 atom stereocenters. The number of pyridine rings is 1. The Morgan fingerprint density at radius 3 is 3.00 bits per heavy atom. The molecule has 0 spiro atoms. The van der Waals surface area contributed by atoms with Crippen LogP contribution in [-0.2, 0) is 15.9 Å². The third-order valence-electron chi connectivity index (χ3n) is 2.40. The van der Waals surface area contributed by atoms with Gasteiger partial charge in [-0.05, 0) is 12.1 Å². The number of ether oxygens (including phenoxy) is 2. The van der Waals surface area contributed by atoms with E-state index in [0.717, 1.165) is 5.56 Å². The van der Waals surface area contributed by atoms with Crippen LogP contribution < -0.4 is 5.73 Å². The predicted molar refractivity (Wildman–Crippen MR) is 68.3 cm³/mol. The summed E-state index contributed by atoms with van der Waals surface area (Å²) in [6.45, 7) is 1.66. The van der Waals surface area contributed by atoms with E-state index in [1.807, 2.05) is 0 Å². The fourth-order valence-corrected chi connectivity index (χ4v) is 1.46. The lowest BCUT2D eigenvalue weighted by Gasteiger charge is -2.00. The first-order valence-corrected chi connectivity index (χ1v) is 5.91. The van der Waals surface area contributed by atoms with Crippen molar-refractivity contribution in [3.63, 3.8) is 0 Å². The van der Waals surface area contributed by atoms with Crippen molar-refractivity contribution < 1.29 is 14.0 Å². The fraction of sp³-hybridized carbons (Fsp3) is 0.417. The zero-order valence-corrected chi connectivity index (χ0v) is 10.7. The van der Waals surface area contributed by atoms with E-state index in [1.54, 1.807) is 25.4 Å². The quantitative estimate of drug-likeness (QED) is 0.742. The first-order valence-electron chi connectivity index (χ1n) is 5.91. The van der Waals surface area contributed by atoms with Crippen LogP contribution in [0.3, 0.4) is 0 Å². The van der Waals surface area contributed by atoms with E-state index in [9.17, 15) is 0 Å². The molecule has 7 nitrogen and oxygen atoms in total. The first-order chi connectivity index (χ1) is 9.29. The van der Waals surface area contributed by atoms with Gasteiger partial charge in [0.15, 0.2) is 5.82 Å². The number of hydrogen-bond donors (Lipinski definition) is 1. The molecule has 0 unspecified atom stereocenters. The fourth-order valence-electron chi connectivity index (χ4n) is 1.46. The summed E-state index contributed by atoms with van der Waals surface area (Å²) in [6, 6.07) is 3.45. The lowest BCUT2D eigenvalue weighted by Crippen LogP contribution is -2.05. The van der Waals surface area contributed by atoms with Gasteiger partial charge in [0, 0.05) is 25.3 Å². The van der Waals surface area contributed by atoms with Crippen LogP contribution >= 0.6 is 0 Å². The highest BCUT2D eigenvalue weighted by Gasteiger charge is 2.09. The average molecular weight is 264 g/mol. The Morgan fingerprint density at radius 2 is 2.21 bits per heavy atom. The topological polar surface area (TPSA) is 96.3 Å². The maximum Gasteiger partial charge on any atom is 0.258 e. The van der Waals surface area contributed by atoms with Crippen molar-refractivity contribution in [2.45, 2.75) is 6.42 Å². The maximum absolute atomic E-state index is 5.60. The van der Waals surface area contributed by atoms with E-state index in [4.69, 9.17) is 19.7 Å². The van der Waals surface area contributed by atoms with Crippen molar-refractivity contribution in [3.05, 3.63) is 24.2 Å². The predicted octanol–water partition coefficient (Wildman–Crippen LogP) is 0.919. The lowest BCUT2D eigenvalue weighted by atomic mass is 10.2. The van der Waals surface area contributed by atoms with Gasteiger partial charge >= 0.3 is 0 Å². The molecule has 0 bridgehead atoms. The van der Waals surface area contributed by atoms with Gasteiger partial charge in [-0.15, -0.1) is 0 Å². The van der Waals surface area contributed by atoms with E-state index in [1.165, 1.54) is 0 Å². The molecule has 2 rings (SSSR count). The lowest BCUT2D eigenvalue weighted by molar-refractivity contribution is 0.0714. The molecule has 0 radical (unpaired) electrons. The largest absolute Gasteiger partial charge is 0.384 e. The van der Waals surface area contributed by atoms with Crippen molar-refractivity contribution >= 4 is 5.82 Å². The minimum atomic E-state index is 0.417. The smallest absolute Gasteiger partial charge is 0.258 e. The number of hydrogen-bond acceptors (Lipinski definition) is 7. The third kappa shape index (κ3) is 4.01. The molecular formula is C12H16N4O3. The Balaban J connectivity index is 1.88. The van der Waals surface area contributed by atoms with Crippen LogP contribution in [0, 0.1) is 0 Å². The number of nitrogens with two attached hydrogens (primary N) is 1. The molecule has 19 heavy (non-hydrogen) atoms. The molecular weight excluding hydrogens is 248 g/mol. The summed E-state index contributed by atoms with van der Waals surface area (Å²) in [5.41, 5.74) is 6.35. The van der Waals surface area contributed by atoms with Crippen molar-refractivity contribution in [1.82, 2.24) is 15.1 Å². The van der Waals surface area contributed by atoms with Crippen LogP contribution in [0.2, 0.25) is 0 Å². The van der Waals surface area contributed by atoms with Gasteiger partial charge in [0.1, 0.15) is 5.82 Å². The van der Waals surface area contributed by atoms with Crippen LogP contribution in [0.5, 0.6) is 0 Å². The summed E-state index contributed by atoms with van der Waals surface area (Å²) in [5.74, 6) is 1.45. The van der Waals surface area contributed by atoms with Crippen LogP contribution in [0.15, 0.2) is 22.9 Å². The van der Waals surface area contributed by atoms with E-state index in [-0.39, 0.29) is 0 Å². The highest BCUT2D eigenvalue weighted by molar-refractivity contribution is 5.56. The summed E-state index contributed by atoms with van der Waals surface area (Å²) in [7, 11) is 1.63. The van der Waals surface area contributed by atoms with Crippen molar-refractivity contribution in [3.8, 4) is 11.5 Å². The van der Waals surface area contributed by atoms with E-state index < -0.39 is 0 Å². The molecule has 0 saturated heterocycles. The van der Waals surface area contributed by atoms with E-state index >= 15 is 0 Å². The second-order valence-electron chi connectivity index (χ2n) is 3.84. The number of anilines is 1. The second-order valence-corrected chi connectivity index (χ2v) is 3.84. The summed E-state index contributed by atoms with van der Waals surface area (Å²) in [6.07, 6.45) is 2.19. The standard InChI is InChI=1S/C12H16N4O3/c1-17-6-7-18-5-3-11-15-12(19-16-11)9-2-4-14-10(13)8-9/h2,4,8H,3,5-7H2,1H3,(H2,13,14). The summed E-state index contributed by atoms with van der Waals surface area (Å²) < 4.78 is 15.4. The van der Waals surface area contributed by atoms with Crippen LogP contribution in [0.1, 0.15) is 5.82 Å². The molecule has 2 heterocycles. The van der Waals surface area contributed by atoms with Crippen LogP contribution in [-0.4, -0.2) is 42.1 Å². The van der Waals surface area contributed by atoms with E-state index in [2.05, 4.69) is 15.1 Å².